The first-order chi connectivity index (χ1) is 16.0. The first kappa shape index (κ1) is 21.5. The number of ether oxygens (including phenoxy) is 1. The van der Waals surface area contributed by atoms with E-state index < -0.39 is 5.82 Å². The van der Waals surface area contributed by atoms with Gasteiger partial charge in [-0.05, 0) is 49.4 Å². The summed E-state index contributed by atoms with van der Waals surface area (Å²) in [5.74, 6) is 0.398. The zero-order valence-corrected chi connectivity index (χ0v) is 18.7. The van der Waals surface area contributed by atoms with E-state index in [9.17, 15) is 9.50 Å². The molecular weight excluding hydrogens is 423 g/mol. The van der Waals surface area contributed by atoms with Gasteiger partial charge in [0.2, 0.25) is 5.88 Å². The van der Waals surface area contributed by atoms with E-state index >= 15 is 0 Å². The van der Waals surface area contributed by atoms with Crippen molar-refractivity contribution in [3.8, 4) is 34.1 Å². The number of hydrogen-bond acceptors (Lipinski definition) is 8. The maximum absolute atomic E-state index is 14.0. The van der Waals surface area contributed by atoms with Crippen LogP contribution in [0.15, 0.2) is 36.7 Å². The number of nitrogens with zero attached hydrogens (tertiary/aromatic N) is 5. The maximum Gasteiger partial charge on any atom is 0.250 e. The van der Waals surface area contributed by atoms with Crippen LogP contribution < -0.4 is 15.0 Å². The summed E-state index contributed by atoms with van der Waals surface area (Å²) in [6, 6.07) is 7.88. The number of phenolic OH excluding ortho intramolecular Hbond substituents is 1. The average Bonchev–Trinajstić information content (AvgIpc) is 2.83. The Bertz CT molecular complexity index is 1130. The van der Waals surface area contributed by atoms with E-state index in [0.717, 1.165) is 18.7 Å². The van der Waals surface area contributed by atoms with Crippen LogP contribution in [0.2, 0.25) is 0 Å². The predicted molar refractivity (Wildman–Crippen MR) is 123 cm³/mol. The lowest BCUT2D eigenvalue weighted by molar-refractivity contribution is 0.219. The van der Waals surface area contributed by atoms with E-state index in [1.165, 1.54) is 44.7 Å². The highest BCUT2D eigenvalue weighted by Crippen LogP contribution is 2.33. The first-order valence-corrected chi connectivity index (χ1v) is 11.2. The fourth-order valence-electron chi connectivity index (χ4n) is 4.93. The molecule has 2 saturated heterocycles. The monoisotopic (exact) mass is 450 g/mol. The second-order valence-corrected chi connectivity index (χ2v) is 8.81. The Morgan fingerprint density at radius 2 is 1.85 bits per heavy atom. The van der Waals surface area contributed by atoms with Gasteiger partial charge in [-0.1, -0.05) is 12.5 Å². The van der Waals surface area contributed by atoms with Gasteiger partial charge in [-0.3, -0.25) is 0 Å². The SMILES string of the molecule is COc1ncc(-c2ccc(-c3ncc(N(C)C4C[C@H]5CCC[C@@H](C4)N5)nn3)c(O)c2)cc1F. The number of fused-ring (bicyclic) bond motifs is 2. The van der Waals surface area contributed by atoms with Gasteiger partial charge in [0, 0.05) is 36.9 Å². The quantitative estimate of drug-likeness (QED) is 0.609. The molecule has 5 rings (SSSR count). The third kappa shape index (κ3) is 4.32. The van der Waals surface area contributed by atoms with E-state index in [0.29, 0.717) is 40.6 Å². The smallest absolute Gasteiger partial charge is 0.250 e. The highest BCUT2D eigenvalue weighted by Gasteiger charge is 2.33. The Morgan fingerprint density at radius 3 is 2.48 bits per heavy atom. The van der Waals surface area contributed by atoms with Crippen LogP contribution in [0.3, 0.4) is 0 Å². The minimum atomic E-state index is -0.566. The second kappa shape index (κ2) is 8.90. The fourth-order valence-corrected chi connectivity index (χ4v) is 4.93. The minimum Gasteiger partial charge on any atom is -0.507 e. The van der Waals surface area contributed by atoms with E-state index in [4.69, 9.17) is 4.74 Å². The van der Waals surface area contributed by atoms with Gasteiger partial charge in [-0.2, -0.15) is 0 Å². The number of anilines is 1. The lowest BCUT2D eigenvalue weighted by Crippen LogP contribution is -2.54. The molecule has 2 aromatic heterocycles. The molecule has 3 atom stereocenters. The Hall–Kier alpha value is -3.33. The number of aromatic nitrogens is 4. The van der Waals surface area contributed by atoms with Crippen molar-refractivity contribution < 1.29 is 14.2 Å². The molecular formula is C24H27FN6O2. The van der Waals surface area contributed by atoms with Crippen LogP contribution >= 0.6 is 0 Å². The molecule has 0 aliphatic carbocycles. The summed E-state index contributed by atoms with van der Waals surface area (Å²) in [6.07, 6.45) is 9.17. The zero-order chi connectivity index (χ0) is 22.9. The molecule has 8 nitrogen and oxygen atoms in total. The van der Waals surface area contributed by atoms with Crippen molar-refractivity contribution in [2.24, 2.45) is 0 Å². The van der Waals surface area contributed by atoms with E-state index in [1.54, 1.807) is 18.3 Å². The maximum atomic E-state index is 14.0. The molecule has 2 aliphatic heterocycles. The Balaban J connectivity index is 1.33. The molecule has 0 spiro atoms. The number of aromatic hydroxyl groups is 1. The molecule has 2 bridgehead atoms. The third-order valence-electron chi connectivity index (χ3n) is 6.72. The topological polar surface area (TPSA) is 96.3 Å². The first-order valence-electron chi connectivity index (χ1n) is 11.2. The van der Waals surface area contributed by atoms with Crippen molar-refractivity contribution in [2.75, 3.05) is 19.1 Å². The van der Waals surface area contributed by atoms with Crippen LogP contribution in [0.5, 0.6) is 11.6 Å². The van der Waals surface area contributed by atoms with Gasteiger partial charge >= 0.3 is 0 Å². The van der Waals surface area contributed by atoms with Crippen LogP contribution in [0.25, 0.3) is 22.5 Å². The normalized spacial score (nSPS) is 22.1. The highest BCUT2D eigenvalue weighted by molar-refractivity contribution is 5.72. The molecule has 2 fully saturated rings. The number of phenols is 1. The predicted octanol–water partition coefficient (Wildman–Crippen LogP) is 3.56. The van der Waals surface area contributed by atoms with Crippen molar-refractivity contribution in [1.29, 1.82) is 0 Å². The summed E-state index contributed by atoms with van der Waals surface area (Å²) >= 11 is 0. The van der Waals surface area contributed by atoms with E-state index in [1.807, 2.05) is 7.05 Å². The highest BCUT2D eigenvalue weighted by atomic mass is 19.1. The lowest BCUT2D eigenvalue weighted by atomic mass is 9.83. The molecule has 2 N–H and O–H groups in total. The fraction of sp³-hybridized carbons (Fsp3) is 0.417. The summed E-state index contributed by atoms with van der Waals surface area (Å²) in [5, 5.41) is 23.0. The molecule has 1 unspecified atom stereocenters. The molecule has 0 amide bonds. The number of benzene rings is 1. The summed E-state index contributed by atoms with van der Waals surface area (Å²) in [4.78, 5) is 10.6. The zero-order valence-electron chi connectivity index (χ0n) is 18.7. The van der Waals surface area contributed by atoms with Crippen LogP contribution in [0.1, 0.15) is 32.1 Å². The van der Waals surface area contributed by atoms with Crippen molar-refractivity contribution in [1.82, 2.24) is 25.5 Å². The lowest BCUT2D eigenvalue weighted by Gasteiger charge is -2.43. The van der Waals surface area contributed by atoms with Crippen LogP contribution in [0.4, 0.5) is 10.2 Å². The van der Waals surface area contributed by atoms with Crippen molar-refractivity contribution >= 4 is 5.82 Å². The molecule has 33 heavy (non-hydrogen) atoms. The van der Waals surface area contributed by atoms with E-state index in [-0.39, 0.29) is 11.6 Å². The number of piperidine rings is 2. The van der Waals surface area contributed by atoms with Gasteiger partial charge < -0.3 is 20.1 Å². The number of hydrogen-bond donors (Lipinski definition) is 2. The number of pyridine rings is 1. The van der Waals surface area contributed by atoms with Gasteiger partial charge in [-0.15, -0.1) is 10.2 Å². The number of nitrogens with one attached hydrogen (secondary N) is 1. The van der Waals surface area contributed by atoms with Gasteiger partial charge in [0.1, 0.15) is 5.75 Å². The van der Waals surface area contributed by atoms with Crippen LogP contribution in [0, 0.1) is 5.82 Å². The van der Waals surface area contributed by atoms with E-state index in [2.05, 4.69) is 30.4 Å². The summed E-state index contributed by atoms with van der Waals surface area (Å²) in [7, 11) is 3.41. The summed E-state index contributed by atoms with van der Waals surface area (Å²) in [6.45, 7) is 0. The van der Waals surface area contributed by atoms with Gasteiger partial charge in [0.15, 0.2) is 17.5 Å². The third-order valence-corrected chi connectivity index (χ3v) is 6.72. The Labute approximate surface area is 191 Å². The number of methoxy groups -OCH3 is 1. The van der Waals surface area contributed by atoms with Crippen LogP contribution in [-0.4, -0.2) is 57.6 Å². The largest absolute Gasteiger partial charge is 0.507 e. The number of rotatable bonds is 5. The minimum absolute atomic E-state index is 0.0159. The Morgan fingerprint density at radius 1 is 1.06 bits per heavy atom. The molecule has 1 aromatic carbocycles. The van der Waals surface area contributed by atoms with Gasteiger partial charge in [-0.25, -0.2) is 14.4 Å². The average molecular weight is 451 g/mol. The molecule has 2 aliphatic rings. The second-order valence-electron chi connectivity index (χ2n) is 8.81. The van der Waals surface area contributed by atoms with Crippen LogP contribution in [-0.2, 0) is 0 Å². The number of halogens is 1. The summed E-state index contributed by atoms with van der Waals surface area (Å²) < 4.78 is 18.9. The molecule has 4 heterocycles. The van der Waals surface area contributed by atoms with Crippen molar-refractivity contribution in [3.05, 3.63) is 42.5 Å². The molecule has 172 valence electrons. The molecule has 3 aromatic rings. The van der Waals surface area contributed by atoms with Gasteiger partial charge in [0.25, 0.3) is 0 Å². The van der Waals surface area contributed by atoms with Crippen molar-refractivity contribution in [3.63, 3.8) is 0 Å². The standard InChI is InChI=1S/C24H27FN6O2/c1-31(18-10-16-4-3-5-17(11-18)28-16)22-13-26-23(30-29-22)19-7-6-14(9-21(19)32)15-8-20(25)24(33-2)27-12-15/h6-9,12-13,16-18,28,32H,3-5,10-11H2,1-2H3/t16-,17+,18?. The summed E-state index contributed by atoms with van der Waals surface area (Å²) in [5.41, 5.74) is 1.60. The molecule has 0 saturated carbocycles. The molecule has 0 radical (unpaired) electrons. The Kier molecular flexibility index (Phi) is 5.80. The van der Waals surface area contributed by atoms with Crippen molar-refractivity contribution in [2.45, 2.75) is 50.2 Å². The molecule has 9 heteroatoms. The van der Waals surface area contributed by atoms with Gasteiger partial charge in [0.05, 0.1) is 18.9 Å².